The van der Waals surface area contributed by atoms with Crippen LogP contribution in [0.15, 0.2) is 66.5 Å². The molecule has 5 rings (SSSR count). The molecule has 0 spiro atoms. The number of Topliss-reactive ketones (excluding diaryl/α,β-unsaturated/α-hetero) is 1. The van der Waals surface area contributed by atoms with E-state index in [0.717, 1.165) is 33.5 Å². The van der Waals surface area contributed by atoms with E-state index in [9.17, 15) is 9.59 Å². The van der Waals surface area contributed by atoms with Crippen LogP contribution in [0, 0.1) is 17.8 Å². The molecule has 2 heterocycles. The lowest BCUT2D eigenvalue weighted by Crippen LogP contribution is -2.43. The minimum atomic E-state index is -0.818. The molecule has 30 heavy (non-hydrogen) atoms. The van der Waals surface area contributed by atoms with E-state index >= 15 is 0 Å². The summed E-state index contributed by atoms with van der Waals surface area (Å²) in [4.78, 5) is 29.4. The number of hydrogen-bond donors (Lipinski definition) is 3. The fraction of sp³-hybridized carbons (Fsp3) is 0.250. The summed E-state index contributed by atoms with van der Waals surface area (Å²) in [6.45, 7) is 1.88. The molecule has 152 valence electrons. The molecule has 6 heteroatoms. The lowest BCUT2D eigenvalue weighted by molar-refractivity contribution is -0.152. The summed E-state index contributed by atoms with van der Waals surface area (Å²) in [5.74, 6) is -2.23. The van der Waals surface area contributed by atoms with Crippen LogP contribution in [-0.4, -0.2) is 23.8 Å². The van der Waals surface area contributed by atoms with Crippen LogP contribution in [0.3, 0.4) is 0 Å². The fourth-order valence-electron chi connectivity index (χ4n) is 4.74. The number of ether oxygens (including phenoxy) is 1. The second-order valence-electron chi connectivity index (χ2n) is 7.94. The van der Waals surface area contributed by atoms with E-state index in [-0.39, 0.29) is 17.7 Å². The highest BCUT2D eigenvalue weighted by molar-refractivity contribution is 6.04. The maximum absolute atomic E-state index is 13.7. The summed E-state index contributed by atoms with van der Waals surface area (Å²) in [6, 6.07) is 15.6. The third-order valence-electron chi connectivity index (χ3n) is 6.18. The van der Waals surface area contributed by atoms with Crippen LogP contribution in [0.2, 0.25) is 0 Å². The first-order valence-corrected chi connectivity index (χ1v) is 10.1. The van der Waals surface area contributed by atoms with Gasteiger partial charge >= 0.3 is 5.97 Å². The number of benzene rings is 2. The van der Waals surface area contributed by atoms with Gasteiger partial charge in [-0.1, -0.05) is 43.3 Å². The van der Waals surface area contributed by atoms with Gasteiger partial charge in [0, 0.05) is 28.4 Å². The number of H-pyrrole nitrogens is 1. The molecule has 3 aromatic rings. The Morgan fingerprint density at radius 3 is 2.57 bits per heavy atom. The average Bonchev–Trinajstić information content (AvgIpc) is 3.10. The molecule has 1 aromatic heterocycles. The van der Waals surface area contributed by atoms with Gasteiger partial charge in [0.25, 0.3) is 0 Å². The number of para-hydroxylation sites is 3. The van der Waals surface area contributed by atoms with Gasteiger partial charge in [0.15, 0.2) is 5.78 Å². The molecule has 2 aromatic carbocycles. The molecule has 0 fully saturated rings. The highest BCUT2D eigenvalue weighted by Gasteiger charge is 2.47. The number of anilines is 2. The number of fused-ring (bicyclic) bond motifs is 3. The number of carbonyl (C=O) groups excluding carboxylic acids is 2. The minimum Gasteiger partial charge on any atom is -0.468 e. The predicted molar refractivity (Wildman–Crippen MR) is 116 cm³/mol. The van der Waals surface area contributed by atoms with E-state index in [1.165, 1.54) is 7.11 Å². The van der Waals surface area contributed by atoms with Crippen LogP contribution in [-0.2, 0) is 14.3 Å². The molecule has 3 N–H and O–H groups in total. The van der Waals surface area contributed by atoms with E-state index in [4.69, 9.17) is 4.74 Å². The van der Waals surface area contributed by atoms with Crippen molar-refractivity contribution in [2.24, 2.45) is 17.8 Å². The monoisotopic (exact) mass is 401 g/mol. The van der Waals surface area contributed by atoms with Crippen molar-refractivity contribution in [2.45, 2.75) is 13.0 Å². The normalized spacial score (nSPS) is 25.3. The zero-order valence-corrected chi connectivity index (χ0v) is 16.8. The van der Waals surface area contributed by atoms with E-state index < -0.39 is 17.8 Å². The van der Waals surface area contributed by atoms with Gasteiger partial charge in [0.1, 0.15) is 5.92 Å². The molecule has 0 saturated carbocycles. The van der Waals surface area contributed by atoms with Crippen molar-refractivity contribution in [3.63, 3.8) is 0 Å². The van der Waals surface area contributed by atoms with Crippen molar-refractivity contribution in [1.29, 1.82) is 0 Å². The number of aromatic amines is 1. The first-order valence-electron chi connectivity index (χ1n) is 10.1. The standard InChI is InChI=1S/C24H23N3O3/c1-13-11-19-21(23(28)20(13)24(29)30-2)22(27-18-10-6-5-9-17(18)26-19)15-12-25-16-8-4-3-7-14(15)16/h3-13,20-22,25-27H,1-2H3/t13-,20+,21+,22+/m0/s1. The summed E-state index contributed by atoms with van der Waals surface area (Å²) in [5.41, 5.74) is 4.64. The molecule has 1 aliphatic carbocycles. The Hall–Kier alpha value is -3.54. The Balaban J connectivity index is 1.70. The Labute approximate surface area is 174 Å². The topological polar surface area (TPSA) is 83.2 Å². The zero-order chi connectivity index (χ0) is 20.8. The third-order valence-corrected chi connectivity index (χ3v) is 6.18. The smallest absolute Gasteiger partial charge is 0.316 e. The molecule has 1 aliphatic heterocycles. The highest BCUT2D eigenvalue weighted by Crippen LogP contribution is 2.45. The molecule has 0 radical (unpaired) electrons. The number of ketones is 1. The number of aromatic nitrogens is 1. The Morgan fingerprint density at radius 1 is 1.03 bits per heavy atom. The Bertz CT molecular complexity index is 1180. The molecular formula is C24H23N3O3. The SMILES string of the molecule is COC(=O)[C@H]1C(=O)[C@@H]2C(=C[C@@H]1C)Nc1ccccc1N[C@@H]2c1c[nH]c2ccccc12. The van der Waals surface area contributed by atoms with E-state index in [1.54, 1.807) is 0 Å². The van der Waals surface area contributed by atoms with Crippen LogP contribution in [0.5, 0.6) is 0 Å². The van der Waals surface area contributed by atoms with Gasteiger partial charge in [0.05, 0.1) is 30.4 Å². The van der Waals surface area contributed by atoms with Crippen molar-refractivity contribution in [3.05, 3.63) is 72.1 Å². The maximum atomic E-state index is 13.7. The van der Waals surface area contributed by atoms with Crippen molar-refractivity contribution >= 4 is 34.0 Å². The largest absolute Gasteiger partial charge is 0.468 e. The number of nitrogens with one attached hydrogen (secondary N) is 3. The minimum absolute atomic E-state index is 0.130. The van der Waals surface area contributed by atoms with E-state index in [2.05, 4.69) is 15.6 Å². The van der Waals surface area contributed by atoms with Gasteiger partial charge < -0.3 is 20.4 Å². The van der Waals surface area contributed by atoms with Crippen LogP contribution in [0.1, 0.15) is 18.5 Å². The van der Waals surface area contributed by atoms with Gasteiger partial charge in [0.2, 0.25) is 0 Å². The number of carbonyl (C=O) groups is 2. The lowest BCUT2D eigenvalue weighted by atomic mass is 9.72. The van der Waals surface area contributed by atoms with Gasteiger partial charge in [-0.2, -0.15) is 0 Å². The van der Waals surface area contributed by atoms with Crippen LogP contribution in [0.4, 0.5) is 11.4 Å². The van der Waals surface area contributed by atoms with Crippen LogP contribution < -0.4 is 10.6 Å². The van der Waals surface area contributed by atoms with Crippen molar-refractivity contribution < 1.29 is 14.3 Å². The third kappa shape index (κ3) is 2.79. The summed E-state index contributed by atoms with van der Waals surface area (Å²) in [5, 5.41) is 8.09. The fourth-order valence-corrected chi connectivity index (χ4v) is 4.74. The maximum Gasteiger partial charge on any atom is 0.316 e. The molecule has 2 aliphatic rings. The van der Waals surface area contributed by atoms with Crippen molar-refractivity contribution in [2.75, 3.05) is 17.7 Å². The molecular weight excluding hydrogens is 378 g/mol. The summed E-state index contributed by atoms with van der Waals surface area (Å²) < 4.78 is 4.96. The summed E-state index contributed by atoms with van der Waals surface area (Å²) in [7, 11) is 1.33. The molecule has 6 nitrogen and oxygen atoms in total. The quantitative estimate of drug-likeness (QED) is 0.442. The zero-order valence-electron chi connectivity index (χ0n) is 16.8. The number of methoxy groups -OCH3 is 1. The van der Waals surface area contributed by atoms with E-state index in [1.807, 2.05) is 67.7 Å². The summed E-state index contributed by atoms with van der Waals surface area (Å²) in [6.07, 6.45) is 3.95. The van der Waals surface area contributed by atoms with E-state index in [0.29, 0.717) is 0 Å². The molecule has 0 saturated heterocycles. The van der Waals surface area contributed by atoms with Gasteiger partial charge in [-0.05, 0) is 24.1 Å². The Kier molecular flexibility index (Phi) is 4.35. The van der Waals surface area contributed by atoms with Crippen molar-refractivity contribution in [3.8, 4) is 0 Å². The predicted octanol–water partition coefficient (Wildman–Crippen LogP) is 4.25. The van der Waals surface area contributed by atoms with Crippen LogP contribution in [0.25, 0.3) is 10.9 Å². The molecule has 4 atom stereocenters. The number of allylic oxidation sites excluding steroid dienone is 1. The highest BCUT2D eigenvalue weighted by atomic mass is 16.5. The number of hydrogen-bond acceptors (Lipinski definition) is 5. The second-order valence-corrected chi connectivity index (χ2v) is 7.94. The second kappa shape index (κ2) is 7.06. The van der Waals surface area contributed by atoms with Crippen molar-refractivity contribution in [1.82, 2.24) is 4.98 Å². The number of esters is 1. The first-order chi connectivity index (χ1) is 14.6. The molecule has 0 bridgehead atoms. The van der Waals surface area contributed by atoms with Gasteiger partial charge in [-0.3, -0.25) is 9.59 Å². The number of rotatable bonds is 2. The Morgan fingerprint density at radius 2 is 1.77 bits per heavy atom. The molecule has 0 unspecified atom stereocenters. The van der Waals surface area contributed by atoms with Gasteiger partial charge in [-0.15, -0.1) is 0 Å². The van der Waals surface area contributed by atoms with Gasteiger partial charge in [-0.25, -0.2) is 0 Å². The summed E-state index contributed by atoms with van der Waals surface area (Å²) >= 11 is 0. The van der Waals surface area contributed by atoms with Crippen LogP contribution >= 0.6 is 0 Å². The first kappa shape index (κ1) is 18.5. The molecule has 0 amide bonds. The lowest BCUT2D eigenvalue weighted by Gasteiger charge is -2.34. The average molecular weight is 401 g/mol.